The van der Waals surface area contributed by atoms with Gasteiger partial charge in [0.2, 0.25) is 0 Å². The number of benzene rings is 1. The van der Waals surface area contributed by atoms with Crippen molar-refractivity contribution in [1.82, 2.24) is 25.1 Å². The quantitative estimate of drug-likeness (QED) is 0.743. The largest absolute Gasteiger partial charge is 0.384 e. The molecule has 21 heavy (non-hydrogen) atoms. The Balaban J connectivity index is 1.76. The molecule has 2 aromatic heterocycles. The van der Waals surface area contributed by atoms with Gasteiger partial charge in [0, 0.05) is 19.2 Å². The van der Waals surface area contributed by atoms with Crippen LogP contribution in [0.15, 0.2) is 36.7 Å². The maximum Gasteiger partial charge on any atom is 0.271 e. The highest BCUT2D eigenvalue weighted by Gasteiger charge is 2.11. The molecule has 106 valence electrons. The molecule has 0 aliphatic heterocycles. The third-order valence-electron chi connectivity index (χ3n) is 3.19. The van der Waals surface area contributed by atoms with E-state index in [0.717, 1.165) is 11.1 Å². The summed E-state index contributed by atoms with van der Waals surface area (Å²) in [6, 6.07) is 7.40. The molecule has 0 aliphatic rings. The maximum absolute atomic E-state index is 12.1. The molecule has 1 aromatic carbocycles. The molecular formula is C14H14N6O. The van der Waals surface area contributed by atoms with Crippen LogP contribution in [0.4, 0.5) is 5.82 Å². The van der Waals surface area contributed by atoms with E-state index >= 15 is 0 Å². The van der Waals surface area contributed by atoms with E-state index in [0.29, 0.717) is 17.9 Å². The molecule has 0 fully saturated rings. The summed E-state index contributed by atoms with van der Waals surface area (Å²) in [6.45, 7) is 0.299. The first-order valence-electron chi connectivity index (χ1n) is 6.41. The van der Waals surface area contributed by atoms with Crippen LogP contribution in [-0.2, 0) is 13.6 Å². The number of aryl methyl sites for hydroxylation is 1. The molecule has 2 heterocycles. The number of aromatic nitrogens is 4. The number of nitrogens with zero attached hydrogens (tertiary/aromatic N) is 4. The van der Waals surface area contributed by atoms with Crippen molar-refractivity contribution in [2.45, 2.75) is 6.54 Å². The summed E-state index contributed by atoms with van der Waals surface area (Å²) in [5.74, 6) is 0.233. The number of para-hydroxylation sites is 2. The molecular weight excluding hydrogens is 268 g/mol. The second kappa shape index (κ2) is 5.20. The van der Waals surface area contributed by atoms with E-state index in [1.165, 1.54) is 6.20 Å². The van der Waals surface area contributed by atoms with Gasteiger partial charge in [-0.05, 0) is 12.1 Å². The monoisotopic (exact) mass is 282 g/mol. The molecule has 1 amide bonds. The molecule has 0 radical (unpaired) electrons. The van der Waals surface area contributed by atoms with Gasteiger partial charge in [0.1, 0.15) is 11.5 Å². The lowest BCUT2D eigenvalue weighted by molar-refractivity contribution is 0.0946. The zero-order chi connectivity index (χ0) is 14.8. The van der Waals surface area contributed by atoms with E-state index in [2.05, 4.69) is 20.4 Å². The minimum Gasteiger partial charge on any atom is -0.384 e. The molecule has 3 rings (SSSR count). The smallest absolute Gasteiger partial charge is 0.271 e. The molecule has 7 nitrogen and oxygen atoms in total. The third-order valence-corrected chi connectivity index (χ3v) is 3.19. The number of amides is 1. The van der Waals surface area contributed by atoms with E-state index in [4.69, 9.17) is 5.73 Å². The second-order valence-electron chi connectivity index (χ2n) is 4.61. The van der Waals surface area contributed by atoms with Crippen LogP contribution in [0.3, 0.4) is 0 Å². The van der Waals surface area contributed by atoms with Crippen LogP contribution in [0.25, 0.3) is 11.0 Å². The number of nitrogen functional groups attached to an aromatic ring is 1. The predicted octanol–water partition coefficient (Wildman–Crippen LogP) is 0.875. The zero-order valence-electron chi connectivity index (χ0n) is 11.4. The number of rotatable bonds is 3. The van der Waals surface area contributed by atoms with Crippen molar-refractivity contribution in [1.29, 1.82) is 0 Å². The van der Waals surface area contributed by atoms with Gasteiger partial charge in [0.25, 0.3) is 5.91 Å². The minimum atomic E-state index is -0.295. The van der Waals surface area contributed by atoms with Crippen molar-refractivity contribution < 1.29 is 4.79 Å². The standard InChI is InChI=1S/C14H14N6O/c1-20-13(15)9(7-18-20)6-17-14(21)12-8-16-10-4-2-3-5-11(10)19-12/h2-5,7-8H,6,15H2,1H3,(H,17,21). The molecule has 3 aromatic rings. The van der Waals surface area contributed by atoms with Gasteiger partial charge in [-0.15, -0.1) is 0 Å². The predicted molar refractivity (Wildman–Crippen MR) is 78.3 cm³/mol. The summed E-state index contributed by atoms with van der Waals surface area (Å²) in [6.07, 6.45) is 3.09. The lowest BCUT2D eigenvalue weighted by atomic mass is 10.3. The number of hydrogen-bond donors (Lipinski definition) is 2. The van der Waals surface area contributed by atoms with Crippen LogP contribution in [0.2, 0.25) is 0 Å². The van der Waals surface area contributed by atoms with Gasteiger partial charge in [-0.2, -0.15) is 5.10 Å². The summed E-state index contributed by atoms with van der Waals surface area (Å²) >= 11 is 0. The summed E-state index contributed by atoms with van der Waals surface area (Å²) in [4.78, 5) is 20.6. The Bertz CT molecular complexity index is 810. The molecule has 0 spiro atoms. The van der Waals surface area contributed by atoms with Crippen LogP contribution in [-0.4, -0.2) is 25.7 Å². The Hall–Kier alpha value is -2.96. The Morgan fingerprint density at radius 2 is 2.05 bits per heavy atom. The van der Waals surface area contributed by atoms with Gasteiger partial charge in [-0.3, -0.25) is 14.5 Å². The van der Waals surface area contributed by atoms with Crippen molar-refractivity contribution in [3.63, 3.8) is 0 Å². The Morgan fingerprint density at radius 3 is 2.76 bits per heavy atom. The SMILES string of the molecule is Cn1ncc(CNC(=O)c2cnc3ccccc3n2)c1N. The summed E-state index contributed by atoms with van der Waals surface area (Å²) < 4.78 is 1.55. The van der Waals surface area contributed by atoms with Crippen molar-refractivity contribution in [2.75, 3.05) is 5.73 Å². The molecule has 7 heteroatoms. The van der Waals surface area contributed by atoms with E-state index in [-0.39, 0.29) is 11.6 Å². The maximum atomic E-state index is 12.1. The Kier molecular flexibility index (Phi) is 3.23. The van der Waals surface area contributed by atoms with E-state index in [9.17, 15) is 4.79 Å². The Labute approximate surface area is 120 Å². The van der Waals surface area contributed by atoms with E-state index in [1.54, 1.807) is 17.9 Å². The fraction of sp³-hybridized carbons (Fsp3) is 0.143. The number of nitrogens with one attached hydrogen (secondary N) is 1. The van der Waals surface area contributed by atoms with Crippen LogP contribution < -0.4 is 11.1 Å². The second-order valence-corrected chi connectivity index (χ2v) is 4.61. The van der Waals surface area contributed by atoms with Gasteiger partial charge in [-0.1, -0.05) is 12.1 Å². The van der Waals surface area contributed by atoms with Gasteiger partial charge >= 0.3 is 0 Å². The lowest BCUT2D eigenvalue weighted by Crippen LogP contribution is -2.24. The molecule has 0 bridgehead atoms. The highest BCUT2D eigenvalue weighted by molar-refractivity contribution is 5.93. The van der Waals surface area contributed by atoms with Crippen LogP contribution in [0.1, 0.15) is 16.1 Å². The molecule has 0 aliphatic carbocycles. The zero-order valence-corrected chi connectivity index (χ0v) is 11.4. The van der Waals surface area contributed by atoms with Crippen LogP contribution in [0, 0.1) is 0 Å². The first-order valence-corrected chi connectivity index (χ1v) is 6.41. The lowest BCUT2D eigenvalue weighted by Gasteiger charge is -2.05. The number of carbonyl (C=O) groups excluding carboxylic acids is 1. The highest BCUT2D eigenvalue weighted by atomic mass is 16.1. The molecule has 0 saturated heterocycles. The average molecular weight is 282 g/mol. The number of anilines is 1. The topological polar surface area (TPSA) is 98.7 Å². The van der Waals surface area contributed by atoms with Gasteiger partial charge in [0.05, 0.1) is 23.4 Å². The molecule has 0 unspecified atom stereocenters. The summed E-state index contributed by atoms with van der Waals surface area (Å²) in [5, 5.41) is 6.78. The van der Waals surface area contributed by atoms with Crippen molar-refractivity contribution in [3.8, 4) is 0 Å². The molecule has 0 atom stereocenters. The van der Waals surface area contributed by atoms with Crippen LogP contribution >= 0.6 is 0 Å². The minimum absolute atomic E-state index is 0.274. The molecule has 0 saturated carbocycles. The number of nitrogens with two attached hydrogens (primary N) is 1. The molecule has 3 N–H and O–H groups in total. The van der Waals surface area contributed by atoms with E-state index < -0.39 is 0 Å². The van der Waals surface area contributed by atoms with Gasteiger partial charge in [0.15, 0.2) is 0 Å². The normalized spacial score (nSPS) is 10.7. The number of fused-ring (bicyclic) bond motifs is 1. The van der Waals surface area contributed by atoms with E-state index in [1.807, 2.05) is 24.3 Å². The average Bonchev–Trinajstić information content (AvgIpc) is 2.84. The van der Waals surface area contributed by atoms with Gasteiger partial charge < -0.3 is 11.1 Å². The summed E-state index contributed by atoms with van der Waals surface area (Å²) in [5.41, 5.74) is 8.30. The third kappa shape index (κ3) is 2.53. The first-order chi connectivity index (χ1) is 10.1. The van der Waals surface area contributed by atoms with Crippen LogP contribution in [0.5, 0.6) is 0 Å². The fourth-order valence-electron chi connectivity index (χ4n) is 1.96. The first kappa shape index (κ1) is 13.0. The van der Waals surface area contributed by atoms with Crippen molar-refractivity contribution in [2.24, 2.45) is 7.05 Å². The fourth-order valence-corrected chi connectivity index (χ4v) is 1.96. The highest BCUT2D eigenvalue weighted by Crippen LogP contribution is 2.10. The summed E-state index contributed by atoms with van der Waals surface area (Å²) in [7, 11) is 1.75. The van der Waals surface area contributed by atoms with Crippen molar-refractivity contribution >= 4 is 22.8 Å². The Morgan fingerprint density at radius 1 is 1.29 bits per heavy atom. The van der Waals surface area contributed by atoms with Gasteiger partial charge in [-0.25, -0.2) is 4.98 Å². The number of hydrogen-bond acceptors (Lipinski definition) is 5. The van der Waals surface area contributed by atoms with Crippen molar-refractivity contribution in [3.05, 3.63) is 47.9 Å². The number of carbonyl (C=O) groups is 1.